The molecule has 1 aliphatic rings. The van der Waals surface area contributed by atoms with Crippen LogP contribution >= 0.6 is 0 Å². The SMILES string of the molecule is C=C(C(=O)CCC(=O)OC)c1ccc(OC)c(OC2CCCC2)c1. The molecule has 0 bridgehead atoms. The van der Waals surface area contributed by atoms with Crippen molar-refractivity contribution >= 4 is 17.3 Å². The summed E-state index contributed by atoms with van der Waals surface area (Å²) in [6, 6.07) is 5.34. The fourth-order valence-electron chi connectivity index (χ4n) is 2.77. The first kappa shape index (κ1) is 18.0. The lowest BCUT2D eigenvalue weighted by Crippen LogP contribution is -2.12. The highest BCUT2D eigenvalue weighted by molar-refractivity contribution is 6.20. The van der Waals surface area contributed by atoms with E-state index in [-0.39, 0.29) is 24.7 Å². The average Bonchev–Trinajstić information content (AvgIpc) is 3.11. The minimum absolute atomic E-state index is 0.0515. The van der Waals surface area contributed by atoms with Crippen LogP contribution < -0.4 is 9.47 Å². The zero-order valence-electron chi connectivity index (χ0n) is 14.3. The molecule has 5 nitrogen and oxygen atoms in total. The summed E-state index contributed by atoms with van der Waals surface area (Å²) in [5.41, 5.74) is 1.04. The second kappa shape index (κ2) is 8.52. The Morgan fingerprint density at radius 2 is 1.83 bits per heavy atom. The van der Waals surface area contributed by atoms with Crippen molar-refractivity contribution in [1.82, 2.24) is 0 Å². The fourth-order valence-corrected chi connectivity index (χ4v) is 2.77. The maximum atomic E-state index is 12.2. The molecule has 0 aliphatic heterocycles. The summed E-state index contributed by atoms with van der Waals surface area (Å²) in [6.45, 7) is 3.86. The van der Waals surface area contributed by atoms with E-state index in [1.807, 2.05) is 0 Å². The van der Waals surface area contributed by atoms with Gasteiger partial charge in [0.15, 0.2) is 17.3 Å². The molecule has 1 aromatic carbocycles. The predicted octanol–water partition coefficient (Wildman–Crippen LogP) is 3.55. The highest BCUT2D eigenvalue weighted by Crippen LogP contribution is 2.34. The third-order valence-electron chi connectivity index (χ3n) is 4.23. The van der Waals surface area contributed by atoms with Gasteiger partial charge in [-0.25, -0.2) is 0 Å². The van der Waals surface area contributed by atoms with E-state index in [9.17, 15) is 9.59 Å². The summed E-state index contributed by atoms with van der Waals surface area (Å²) < 4.78 is 15.9. The lowest BCUT2D eigenvalue weighted by atomic mass is 10.00. The van der Waals surface area contributed by atoms with E-state index in [2.05, 4.69) is 11.3 Å². The molecule has 2 rings (SSSR count). The number of ether oxygens (including phenoxy) is 3. The number of allylic oxidation sites excluding steroid dienone is 1. The molecule has 0 amide bonds. The molecular weight excluding hydrogens is 308 g/mol. The second-order valence-electron chi connectivity index (χ2n) is 5.87. The summed E-state index contributed by atoms with van der Waals surface area (Å²) in [7, 11) is 2.89. The zero-order chi connectivity index (χ0) is 17.5. The molecule has 5 heteroatoms. The van der Waals surface area contributed by atoms with Gasteiger partial charge in [0.2, 0.25) is 0 Å². The van der Waals surface area contributed by atoms with Crippen molar-refractivity contribution in [2.75, 3.05) is 14.2 Å². The molecule has 130 valence electrons. The first-order valence-corrected chi connectivity index (χ1v) is 8.19. The van der Waals surface area contributed by atoms with Crippen LogP contribution in [0.1, 0.15) is 44.1 Å². The summed E-state index contributed by atoms with van der Waals surface area (Å²) in [5.74, 6) is 0.679. The normalized spacial score (nSPS) is 14.2. The Morgan fingerprint density at radius 1 is 1.12 bits per heavy atom. The van der Waals surface area contributed by atoms with Crippen LogP contribution in [-0.4, -0.2) is 32.1 Å². The van der Waals surface area contributed by atoms with Crippen molar-refractivity contribution in [3.05, 3.63) is 30.3 Å². The van der Waals surface area contributed by atoms with Crippen molar-refractivity contribution in [2.24, 2.45) is 0 Å². The smallest absolute Gasteiger partial charge is 0.305 e. The highest BCUT2D eigenvalue weighted by atomic mass is 16.5. The van der Waals surface area contributed by atoms with Crippen LogP contribution in [0.4, 0.5) is 0 Å². The number of carbonyl (C=O) groups is 2. The maximum Gasteiger partial charge on any atom is 0.305 e. The Balaban J connectivity index is 2.09. The number of benzene rings is 1. The summed E-state index contributed by atoms with van der Waals surface area (Å²) in [4.78, 5) is 23.4. The molecule has 0 heterocycles. The Labute approximate surface area is 142 Å². The third kappa shape index (κ3) is 4.60. The first-order valence-electron chi connectivity index (χ1n) is 8.19. The molecule has 0 radical (unpaired) electrons. The van der Waals surface area contributed by atoms with Gasteiger partial charge in [-0.05, 0) is 43.4 Å². The van der Waals surface area contributed by atoms with Crippen molar-refractivity contribution in [3.8, 4) is 11.5 Å². The van der Waals surface area contributed by atoms with Gasteiger partial charge in [0.1, 0.15) is 0 Å². The summed E-state index contributed by atoms with van der Waals surface area (Å²) >= 11 is 0. The summed E-state index contributed by atoms with van der Waals surface area (Å²) in [5, 5.41) is 0. The van der Waals surface area contributed by atoms with Crippen LogP contribution in [0.25, 0.3) is 5.57 Å². The summed E-state index contributed by atoms with van der Waals surface area (Å²) in [6.07, 6.45) is 4.74. The van der Waals surface area contributed by atoms with Gasteiger partial charge < -0.3 is 14.2 Å². The number of rotatable bonds is 8. The molecule has 0 N–H and O–H groups in total. The first-order chi connectivity index (χ1) is 11.5. The molecule has 0 unspecified atom stereocenters. The lowest BCUT2D eigenvalue weighted by molar-refractivity contribution is -0.141. The van der Waals surface area contributed by atoms with Gasteiger partial charge in [0, 0.05) is 12.0 Å². The molecular formula is C19H24O5. The molecule has 1 aromatic rings. The number of esters is 1. The van der Waals surface area contributed by atoms with E-state index in [1.165, 1.54) is 20.0 Å². The molecule has 1 aliphatic carbocycles. The Bertz CT molecular complexity index is 614. The predicted molar refractivity (Wildman–Crippen MR) is 91.2 cm³/mol. The van der Waals surface area contributed by atoms with E-state index in [1.54, 1.807) is 25.3 Å². The Morgan fingerprint density at radius 3 is 2.46 bits per heavy atom. The minimum atomic E-state index is -0.406. The number of methoxy groups -OCH3 is 2. The molecule has 0 atom stereocenters. The van der Waals surface area contributed by atoms with Gasteiger partial charge in [0.25, 0.3) is 0 Å². The number of ketones is 1. The van der Waals surface area contributed by atoms with Crippen molar-refractivity contribution in [2.45, 2.75) is 44.6 Å². The van der Waals surface area contributed by atoms with Crippen LogP contribution in [0.3, 0.4) is 0 Å². The second-order valence-corrected chi connectivity index (χ2v) is 5.87. The number of carbonyl (C=O) groups excluding carboxylic acids is 2. The Kier molecular flexibility index (Phi) is 6.41. The number of hydrogen-bond donors (Lipinski definition) is 0. The Hall–Kier alpha value is -2.30. The number of hydrogen-bond acceptors (Lipinski definition) is 5. The van der Waals surface area contributed by atoms with E-state index < -0.39 is 5.97 Å². The van der Waals surface area contributed by atoms with E-state index in [0.717, 1.165) is 12.8 Å². The van der Waals surface area contributed by atoms with Gasteiger partial charge in [-0.3, -0.25) is 9.59 Å². The monoisotopic (exact) mass is 332 g/mol. The van der Waals surface area contributed by atoms with Crippen LogP contribution in [0.5, 0.6) is 11.5 Å². The molecule has 24 heavy (non-hydrogen) atoms. The van der Waals surface area contributed by atoms with Gasteiger partial charge in [-0.2, -0.15) is 0 Å². The topological polar surface area (TPSA) is 61.8 Å². The minimum Gasteiger partial charge on any atom is -0.493 e. The van der Waals surface area contributed by atoms with E-state index >= 15 is 0 Å². The number of Topliss-reactive ketones (excluding diaryl/α,β-unsaturated/α-hetero) is 1. The molecule has 1 fully saturated rings. The van der Waals surface area contributed by atoms with Crippen molar-refractivity contribution in [1.29, 1.82) is 0 Å². The van der Waals surface area contributed by atoms with Crippen molar-refractivity contribution in [3.63, 3.8) is 0 Å². The molecule has 0 saturated heterocycles. The quantitative estimate of drug-likeness (QED) is 0.538. The maximum absolute atomic E-state index is 12.2. The van der Waals surface area contributed by atoms with Gasteiger partial charge in [-0.1, -0.05) is 12.6 Å². The molecule has 1 saturated carbocycles. The van der Waals surface area contributed by atoms with Gasteiger partial charge in [-0.15, -0.1) is 0 Å². The lowest BCUT2D eigenvalue weighted by Gasteiger charge is -2.17. The standard InChI is InChI=1S/C19H24O5/c1-13(16(20)9-11-19(21)23-3)14-8-10-17(22-2)18(12-14)24-15-6-4-5-7-15/h8,10,12,15H,1,4-7,9,11H2,2-3H3. The average molecular weight is 332 g/mol. The third-order valence-corrected chi connectivity index (χ3v) is 4.23. The fraction of sp³-hybridized carbons (Fsp3) is 0.474. The van der Waals surface area contributed by atoms with Gasteiger partial charge in [0.05, 0.1) is 26.7 Å². The van der Waals surface area contributed by atoms with Crippen molar-refractivity contribution < 1.29 is 23.8 Å². The van der Waals surface area contributed by atoms with E-state index in [0.29, 0.717) is 22.6 Å². The van der Waals surface area contributed by atoms with E-state index in [4.69, 9.17) is 9.47 Å². The van der Waals surface area contributed by atoms with Crippen LogP contribution in [0.2, 0.25) is 0 Å². The largest absolute Gasteiger partial charge is 0.493 e. The van der Waals surface area contributed by atoms with Gasteiger partial charge >= 0.3 is 5.97 Å². The molecule has 0 spiro atoms. The zero-order valence-corrected chi connectivity index (χ0v) is 14.3. The molecule has 0 aromatic heterocycles. The van der Waals surface area contributed by atoms with Crippen LogP contribution in [0.15, 0.2) is 24.8 Å². The van der Waals surface area contributed by atoms with Crippen LogP contribution in [-0.2, 0) is 14.3 Å². The van der Waals surface area contributed by atoms with Crippen LogP contribution in [0, 0.1) is 0 Å². The highest BCUT2D eigenvalue weighted by Gasteiger charge is 2.20.